The summed E-state index contributed by atoms with van der Waals surface area (Å²) >= 11 is 0. The van der Waals surface area contributed by atoms with Crippen molar-refractivity contribution in [3.8, 4) is 0 Å². The number of nitrogens with zero attached hydrogens (tertiary/aromatic N) is 3. The van der Waals surface area contributed by atoms with E-state index >= 15 is 0 Å². The SMILES string of the molecule is CCC(=O)Nc1ccc(N2C(C(C)=O)=NN(c3ccc(C)cc3)[C@@H]2c2c[nH]c3ccccc23)cc1. The number of anilines is 3. The van der Waals surface area contributed by atoms with Gasteiger partial charge in [-0.3, -0.25) is 14.5 Å². The van der Waals surface area contributed by atoms with Gasteiger partial charge in [0.05, 0.1) is 5.69 Å². The molecule has 7 nitrogen and oxygen atoms in total. The van der Waals surface area contributed by atoms with Gasteiger partial charge in [0, 0.05) is 47.4 Å². The Morgan fingerprint density at radius 2 is 1.66 bits per heavy atom. The molecule has 1 aliphatic rings. The van der Waals surface area contributed by atoms with Gasteiger partial charge < -0.3 is 10.3 Å². The number of ketones is 1. The van der Waals surface area contributed by atoms with Crippen LogP contribution in [0.3, 0.4) is 0 Å². The number of para-hydroxylation sites is 1. The highest BCUT2D eigenvalue weighted by molar-refractivity contribution is 6.44. The zero-order valence-corrected chi connectivity index (χ0v) is 19.9. The van der Waals surface area contributed by atoms with Crippen molar-refractivity contribution in [2.45, 2.75) is 33.4 Å². The van der Waals surface area contributed by atoms with Crippen LogP contribution in [0.25, 0.3) is 10.9 Å². The van der Waals surface area contributed by atoms with Gasteiger partial charge in [0.2, 0.25) is 5.91 Å². The van der Waals surface area contributed by atoms with E-state index in [0.717, 1.165) is 33.4 Å². The number of carbonyl (C=O) groups excluding carboxylic acids is 2. The Bertz CT molecular complexity index is 1420. The normalized spacial score (nSPS) is 15.4. The molecule has 2 heterocycles. The maximum absolute atomic E-state index is 12.8. The minimum absolute atomic E-state index is 0.0490. The summed E-state index contributed by atoms with van der Waals surface area (Å²) in [5.74, 6) is 0.172. The predicted octanol–water partition coefficient (Wildman–Crippen LogP) is 5.75. The Balaban J connectivity index is 1.65. The van der Waals surface area contributed by atoms with Crippen molar-refractivity contribution < 1.29 is 9.59 Å². The molecular formula is C28H27N5O2. The number of aromatic nitrogens is 1. The number of H-pyrrole nitrogens is 1. The lowest BCUT2D eigenvalue weighted by Gasteiger charge is -2.31. The van der Waals surface area contributed by atoms with Crippen molar-refractivity contribution in [1.29, 1.82) is 0 Å². The summed E-state index contributed by atoms with van der Waals surface area (Å²) in [6.45, 7) is 5.39. The summed E-state index contributed by atoms with van der Waals surface area (Å²) in [6, 6.07) is 23.7. The number of carbonyl (C=O) groups is 2. The molecule has 1 amide bonds. The van der Waals surface area contributed by atoms with E-state index < -0.39 is 0 Å². The number of Topliss-reactive ketones (excluding diaryl/α,β-unsaturated/α-hetero) is 1. The molecule has 3 aromatic carbocycles. The minimum atomic E-state index is -0.385. The van der Waals surface area contributed by atoms with Gasteiger partial charge in [0.1, 0.15) is 0 Å². The van der Waals surface area contributed by atoms with Crippen LogP contribution >= 0.6 is 0 Å². The largest absolute Gasteiger partial charge is 0.361 e. The van der Waals surface area contributed by atoms with Crippen LogP contribution in [0.2, 0.25) is 0 Å². The lowest BCUT2D eigenvalue weighted by molar-refractivity contribution is -0.116. The van der Waals surface area contributed by atoms with Gasteiger partial charge in [-0.1, -0.05) is 42.8 Å². The Morgan fingerprint density at radius 1 is 0.971 bits per heavy atom. The number of rotatable bonds is 6. The Labute approximate surface area is 204 Å². The van der Waals surface area contributed by atoms with Crippen LogP contribution in [0.5, 0.6) is 0 Å². The number of hydrazone groups is 1. The number of amides is 1. The molecule has 0 aliphatic carbocycles. The second-order valence-corrected chi connectivity index (χ2v) is 8.64. The average molecular weight is 466 g/mol. The van der Waals surface area contributed by atoms with E-state index in [1.54, 1.807) is 0 Å². The highest BCUT2D eigenvalue weighted by Crippen LogP contribution is 2.41. The first-order valence-corrected chi connectivity index (χ1v) is 11.7. The van der Waals surface area contributed by atoms with E-state index in [9.17, 15) is 9.59 Å². The molecule has 0 unspecified atom stereocenters. The van der Waals surface area contributed by atoms with Gasteiger partial charge in [0.15, 0.2) is 17.8 Å². The van der Waals surface area contributed by atoms with Crippen molar-refractivity contribution in [2.24, 2.45) is 5.10 Å². The van der Waals surface area contributed by atoms with E-state index in [-0.39, 0.29) is 17.9 Å². The molecule has 0 saturated carbocycles. The minimum Gasteiger partial charge on any atom is -0.361 e. The fraction of sp³-hybridized carbons (Fsp3) is 0.179. The fourth-order valence-electron chi connectivity index (χ4n) is 4.36. The molecule has 1 atom stereocenters. The van der Waals surface area contributed by atoms with Crippen molar-refractivity contribution >= 4 is 45.5 Å². The lowest BCUT2D eigenvalue weighted by Crippen LogP contribution is -2.37. The number of aromatic amines is 1. The van der Waals surface area contributed by atoms with Crippen molar-refractivity contribution in [2.75, 3.05) is 15.2 Å². The fourth-order valence-corrected chi connectivity index (χ4v) is 4.36. The van der Waals surface area contributed by atoms with Gasteiger partial charge in [-0.15, -0.1) is 5.10 Å². The number of aryl methyl sites for hydroxylation is 1. The van der Waals surface area contributed by atoms with Crippen molar-refractivity contribution in [3.63, 3.8) is 0 Å². The number of hydrogen-bond donors (Lipinski definition) is 2. The first-order valence-electron chi connectivity index (χ1n) is 11.7. The van der Waals surface area contributed by atoms with E-state index in [0.29, 0.717) is 17.9 Å². The molecule has 1 aliphatic heterocycles. The van der Waals surface area contributed by atoms with Crippen LogP contribution in [-0.2, 0) is 9.59 Å². The second kappa shape index (κ2) is 9.10. The maximum Gasteiger partial charge on any atom is 0.224 e. The zero-order chi connectivity index (χ0) is 24.5. The van der Waals surface area contributed by atoms with Crippen LogP contribution in [0.15, 0.2) is 84.1 Å². The van der Waals surface area contributed by atoms with Crippen LogP contribution in [0, 0.1) is 6.92 Å². The molecule has 0 radical (unpaired) electrons. The standard InChI is InChI=1S/C28H27N5O2/c1-4-26(35)30-20-11-15-21(16-12-20)32-27(19(3)34)31-33(22-13-9-18(2)10-14-22)28(32)24-17-29-25-8-6-5-7-23(24)25/h5-17,28-29H,4H2,1-3H3,(H,30,35)/t28-/m1/s1. The molecule has 2 N–H and O–H groups in total. The van der Waals surface area contributed by atoms with Gasteiger partial charge in [-0.25, -0.2) is 5.01 Å². The number of nitrogens with one attached hydrogen (secondary N) is 2. The molecule has 7 heteroatoms. The first kappa shape index (κ1) is 22.4. The van der Waals surface area contributed by atoms with E-state index in [1.807, 2.05) is 96.7 Å². The third-order valence-corrected chi connectivity index (χ3v) is 6.17. The summed E-state index contributed by atoms with van der Waals surface area (Å²) in [6.07, 6.45) is 2.00. The third-order valence-electron chi connectivity index (χ3n) is 6.17. The number of benzene rings is 3. The summed E-state index contributed by atoms with van der Waals surface area (Å²) in [5.41, 5.74) is 5.57. The highest BCUT2D eigenvalue weighted by atomic mass is 16.1. The van der Waals surface area contributed by atoms with Crippen molar-refractivity contribution in [3.05, 3.63) is 90.1 Å². The Kier molecular flexibility index (Phi) is 5.82. The second-order valence-electron chi connectivity index (χ2n) is 8.64. The van der Waals surface area contributed by atoms with Gasteiger partial charge in [0.25, 0.3) is 0 Å². The number of hydrogen-bond acceptors (Lipinski definition) is 5. The third kappa shape index (κ3) is 4.17. The Morgan fingerprint density at radius 3 is 2.34 bits per heavy atom. The number of fused-ring (bicyclic) bond motifs is 1. The van der Waals surface area contributed by atoms with Gasteiger partial charge in [-0.2, -0.15) is 0 Å². The lowest BCUT2D eigenvalue weighted by atomic mass is 10.1. The zero-order valence-electron chi connectivity index (χ0n) is 19.9. The summed E-state index contributed by atoms with van der Waals surface area (Å²) < 4.78 is 0. The molecule has 1 aromatic heterocycles. The first-order chi connectivity index (χ1) is 17.0. The van der Waals surface area contributed by atoms with Gasteiger partial charge >= 0.3 is 0 Å². The molecule has 0 fully saturated rings. The summed E-state index contributed by atoms with van der Waals surface area (Å²) in [5, 5.41) is 10.7. The van der Waals surface area contributed by atoms with E-state index in [2.05, 4.69) is 16.4 Å². The molecule has 0 spiro atoms. The monoisotopic (exact) mass is 465 g/mol. The van der Waals surface area contributed by atoms with E-state index in [1.165, 1.54) is 6.92 Å². The molecule has 0 bridgehead atoms. The van der Waals surface area contributed by atoms with Crippen LogP contribution in [-0.4, -0.2) is 22.5 Å². The average Bonchev–Trinajstić information content (AvgIpc) is 3.47. The predicted molar refractivity (Wildman–Crippen MR) is 141 cm³/mol. The van der Waals surface area contributed by atoms with Gasteiger partial charge in [-0.05, 0) is 49.4 Å². The maximum atomic E-state index is 12.8. The topological polar surface area (TPSA) is 80.8 Å². The molecular weight excluding hydrogens is 438 g/mol. The van der Waals surface area contributed by atoms with Crippen LogP contribution < -0.4 is 15.2 Å². The van der Waals surface area contributed by atoms with Crippen LogP contribution in [0.4, 0.5) is 17.1 Å². The molecule has 35 heavy (non-hydrogen) atoms. The number of amidine groups is 1. The molecule has 4 aromatic rings. The smallest absolute Gasteiger partial charge is 0.224 e. The quantitative estimate of drug-likeness (QED) is 0.380. The Hall–Kier alpha value is -4.39. The molecule has 0 saturated heterocycles. The van der Waals surface area contributed by atoms with Crippen LogP contribution in [0.1, 0.15) is 37.6 Å². The summed E-state index contributed by atoms with van der Waals surface area (Å²) in [7, 11) is 0. The summed E-state index contributed by atoms with van der Waals surface area (Å²) in [4.78, 5) is 30.0. The van der Waals surface area contributed by atoms with E-state index in [4.69, 9.17) is 5.10 Å². The molecule has 176 valence electrons. The van der Waals surface area contributed by atoms with Crippen molar-refractivity contribution in [1.82, 2.24) is 4.98 Å². The highest BCUT2D eigenvalue weighted by Gasteiger charge is 2.40. The molecule has 5 rings (SSSR count).